The van der Waals surface area contributed by atoms with Crippen LogP contribution in [0.2, 0.25) is 0 Å². The van der Waals surface area contributed by atoms with Gasteiger partial charge < -0.3 is 10.1 Å². The molecule has 0 amide bonds. The summed E-state index contributed by atoms with van der Waals surface area (Å²) in [6.07, 6.45) is 6.48. The molecule has 124 valence electrons. The van der Waals surface area contributed by atoms with E-state index in [1.165, 1.54) is 36.8 Å². The summed E-state index contributed by atoms with van der Waals surface area (Å²) >= 11 is 0. The number of benzene rings is 1. The first-order valence-electron chi connectivity index (χ1n) is 8.94. The fourth-order valence-corrected chi connectivity index (χ4v) is 4.68. The fraction of sp³-hybridized carbons (Fsp3) is 0.632. The SMILES string of the molecule is Cc1c(CCN2CCNCC23CCCC3)ccc2c1COC2=O. The molecule has 2 heterocycles. The molecule has 0 unspecified atom stereocenters. The lowest BCUT2D eigenvalue weighted by Crippen LogP contribution is -2.60. The van der Waals surface area contributed by atoms with Gasteiger partial charge in [0, 0.05) is 37.3 Å². The van der Waals surface area contributed by atoms with Crippen molar-refractivity contribution in [3.8, 4) is 0 Å². The number of fused-ring (bicyclic) bond motifs is 1. The van der Waals surface area contributed by atoms with Gasteiger partial charge in [-0.15, -0.1) is 0 Å². The van der Waals surface area contributed by atoms with E-state index < -0.39 is 0 Å². The van der Waals surface area contributed by atoms with Crippen LogP contribution in [-0.4, -0.2) is 42.6 Å². The number of nitrogens with one attached hydrogen (secondary N) is 1. The zero-order valence-electron chi connectivity index (χ0n) is 14.0. The molecule has 1 aromatic rings. The number of ether oxygens (including phenoxy) is 1. The van der Waals surface area contributed by atoms with E-state index in [2.05, 4.69) is 23.2 Å². The van der Waals surface area contributed by atoms with Gasteiger partial charge in [-0.1, -0.05) is 18.9 Å². The number of carbonyl (C=O) groups is 1. The molecule has 1 saturated carbocycles. The van der Waals surface area contributed by atoms with Crippen LogP contribution < -0.4 is 5.32 Å². The first-order valence-corrected chi connectivity index (χ1v) is 8.94. The van der Waals surface area contributed by atoms with Crippen molar-refractivity contribution >= 4 is 5.97 Å². The van der Waals surface area contributed by atoms with Crippen molar-refractivity contribution < 1.29 is 9.53 Å². The highest BCUT2D eigenvalue weighted by molar-refractivity contribution is 5.93. The Bertz CT molecular complexity index is 620. The lowest BCUT2D eigenvalue weighted by atomic mass is 9.91. The number of esters is 1. The summed E-state index contributed by atoms with van der Waals surface area (Å²) in [5, 5.41) is 3.60. The summed E-state index contributed by atoms with van der Waals surface area (Å²) in [4.78, 5) is 14.4. The van der Waals surface area contributed by atoms with Crippen molar-refractivity contribution in [2.75, 3.05) is 26.2 Å². The maximum absolute atomic E-state index is 11.7. The van der Waals surface area contributed by atoms with Crippen LogP contribution in [0.1, 0.15) is 52.7 Å². The third-order valence-corrected chi connectivity index (χ3v) is 6.15. The van der Waals surface area contributed by atoms with Crippen molar-refractivity contribution in [1.82, 2.24) is 10.2 Å². The summed E-state index contributed by atoms with van der Waals surface area (Å²) in [7, 11) is 0. The van der Waals surface area contributed by atoms with Crippen LogP contribution in [0, 0.1) is 6.92 Å². The Morgan fingerprint density at radius 3 is 2.96 bits per heavy atom. The lowest BCUT2D eigenvalue weighted by molar-refractivity contribution is 0.0534. The van der Waals surface area contributed by atoms with Crippen LogP contribution in [0.4, 0.5) is 0 Å². The molecule has 0 aromatic heterocycles. The molecule has 0 bridgehead atoms. The third-order valence-electron chi connectivity index (χ3n) is 6.15. The fourth-order valence-electron chi connectivity index (χ4n) is 4.68. The standard InChI is InChI=1S/C19H26N2O2/c1-14-15(4-5-16-17(14)12-23-18(16)22)6-10-21-11-9-20-13-19(21)7-2-3-8-19/h4-5,20H,2-3,6-13H2,1H3. The van der Waals surface area contributed by atoms with E-state index in [9.17, 15) is 4.79 Å². The van der Waals surface area contributed by atoms with Gasteiger partial charge in [0.15, 0.2) is 0 Å². The van der Waals surface area contributed by atoms with E-state index in [1.54, 1.807) is 0 Å². The van der Waals surface area contributed by atoms with Gasteiger partial charge in [0.25, 0.3) is 0 Å². The topological polar surface area (TPSA) is 41.6 Å². The van der Waals surface area contributed by atoms with Crippen molar-refractivity contribution in [3.05, 3.63) is 34.4 Å². The minimum atomic E-state index is -0.165. The third kappa shape index (κ3) is 2.58. The van der Waals surface area contributed by atoms with E-state index in [0.717, 1.165) is 43.7 Å². The molecule has 2 fully saturated rings. The number of rotatable bonds is 3. The predicted molar refractivity (Wildman–Crippen MR) is 89.6 cm³/mol. The van der Waals surface area contributed by atoms with Gasteiger partial charge in [-0.2, -0.15) is 0 Å². The average Bonchev–Trinajstić information content (AvgIpc) is 3.17. The highest BCUT2D eigenvalue weighted by Crippen LogP contribution is 2.36. The molecule has 23 heavy (non-hydrogen) atoms. The second-order valence-electron chi connectivity index (χ2n) is 7.30. The van der Waals surface area contributed by atoms with Crippen molar-refractivity contribution in [2.45, 2.75) is 51.2 Å². The molecule has 1 N–H and O–H groups in total. The zero-order valence-corrected chi connectivity index (χ0v) is 14.0. The lowest BCUT2D eigenvalue weighted by Gasteiger charge is -2.45. The van der Waals surface area contributed by atoms with Crippen LogP contribution in [0.3, 0.4) is 0 Å². The molecule has 0 radical (unpaired) electrons. The number of nitrogens with zero attached hydrogens (tertiary/aromatic N) is 1. The van der Waals surface area contributed by atoms with Crippen molar-refractivity contribution in [2.24, 2.45) is 0 Å². The quantitative estimate of drug-likeness (QED) is 0.870. The van der Waals surface area contributed by atoms with Crippen LogP contribution in [0.15, 0.2) is 12.1 Å². The maximum Gasteiger partial charge on any atom is 0.338 e. The van der Waals surface area contributed by atoms with E-state index in [4.69, 9.17) is 4.74 Å². The van der Waals surface area contributed by atoms with Gasteiger partial charge in [0.1, 0.15) is 6.61 Å². The second-order valence-corrected chi connectivity index (χ2v) is 7.30. The van der Waals surface area contributed by atoms with Gasteiger partial charge in [-0.05, 0) is 43.4 Å². The van der Waals surface area contributed by atoms with Crippen molar-refractivity contribution in [3.63, 3.8) is 0 Å². The van der Waals surface area contributed by atoms with Crippen LogP contribution in [0.5, 0.6) is 0 Å². The monoisotopic (exact) mass is 314 g/mol. The molecular weight excluding hydrogens is 288 g/mol. The van der Waals surface area contributed by atoms with Gasteiger partial charge in [0.05, 0.1) is 5.56 Å². The van der Waals surface area contributed by atoms with Crippen LogP contribution in [0.25, 0.3) is 0 Å². The van der Waals surface area contributed by atoms with E-state index >= 15 is 0 Å². The molecule has 1 spiro atoms. The average molecular weight is 314 g/mol. The summed E-state index contributed by atoms with van der Waals surface area (Å²) < 4.78 is 5.17. The maximum atomic E-state index is 11.7. The number of piperazine rings is 1. The zero-order chi connectivity index (χ0) is 15.9. The number of carbonyl (C=O) groups excluding carboxylic acids is 1. The van der Waals surface area contributed by atoms with Crippen LogP contribution >= 0.6 is 0 Å². The number of hydrogen-bond donors (Lipinski definition) is 1. The van der Waals surface area contributed by atoms with Gasteiger partial charge in [-0.3, -0.25) is 4.90 Å². The summed E-state index contributed by atoms with van der Waals surface area (Å²) in [6, 6.07) is 4.08. The molecule has 0 atom stereocenters. The summed E-state index contributed by atoms with van der Waals surface area (Å²) in [6.45, 7) is 7.12. The Labute approximate surface area is 138 Å². The molecule has 4 nitrogen and oxygen atoms in total. The first-order chi connectivity index (χ1) is 11.2. The highest BCUT2D eigenvalue weighted by atomic mass is 16.5. The minimum absolute atomic E-state index is 0.165. The molecular formula is C19H26N2O2. The second kappa shape index (κ2) is 5.91. The smallest absolute Gasteiger partial charge is 0.338 e. The van der Waals surface area contributed by atoms with Gasteiger partial charge in [0.2, 0.25) is 0 Å². The van der Waals surface area contributed by atoms with Gasteiger partial charge in [-0.25, -0.2) is 4.79 Å². The number of hydrogen-bond acceptors (Lipinski definition) is 4. The Kier molecular flexibility index (Phi) is 3.90. The first kappa shape index (κ1) is 15.2. The van der Waals surface area contributed by atoms with Crippen molar-refractivity contribution in [1.29, 1.82) is 0 Å². The van der Waals surface area contributed by atoms with Crippen LogP contribution in [-0.2, 0) is 17.8 Å². The van der Waals surface area contributed by atoms with E-state index in [1.807, 2.05) is 6.07 Å². The van der Waals surface area contributed by atoms with E-state index in [0.29, 0.717) is 12.1 Å². The normalized spacial score (nSPS) is 23.3. The molecule has 1 aromatic carbocycles. The molecule has 1 aliphatic carbocycles. The largest absolute Gasteiger partial charge is 0.457 e. The molecule has 4 rings (SSSR count). The predicted octanol–water partition coefficient (Wildman–Crippen LogP) is 2.43. The molecule has 1 saturated heterocycles. The Balaban J connectivity index is 1.50. The summed E-state index contributed by atoms with van der Waals surface area (Å²) in [5.74, 6) is -0.165. The minimum Gasteiger partial charge on any atom is -0.457 e. The molecule has 2 aliphatic heterocycles. The Morgan fingerprint density at radius 2 is 2.13 bits per heavy atom. The Hall–Kier alpha value is -1.39. The molecule has 3 aliphatic rings. The highest BCUT2D eigenvalue weighted by Gasteiger charge is 2.40. The number of cyclic esters (lactones) is 1. The van der Waals surface area contributed by atoms with Gasteiger partial charge >= 0.3 is 5.97 Å². The summed E-state index contributed by atoms with van der Waals surface area (Å²) in [5.41, 5.74) is 4.89. The molecule has 4 heteroatoms. The Morgan fingerprint density at radius 1 is 1.30 bits per heavy atom. The van der Waals surface area contributed by atoms with E-state index in [-0.39, 0.29) is 5.97 Å².